The molecule has 0 bridgehead atoms. The van der Waals surface area contributed by atoms with Crippen LogP contribution in [0.5, 0.6) is 0 Å². The summed E-state index contributed by atoms with van der Waals surface area (Å²) in [5.74, 6) is 0. The van der Waals surface area contributed by atoms with Crippen molar-refractivity contribution in [2.75, 3.05) is 0 Å². The summed E-state index contributed by atoms with van der Waals surface area (Å²) in [7, 11) is -3.48. The molecule has 2 aromatic heterocycles. The van der Waals surface area contributed by atoms with E-state index in [1.165, 1.54) is 6.20 Å². The topological polar surface area (TPSA) is 50.3 Å². The van der Waals surface area contributed by atoms with Crippen LogP contribution in [0.2, 0.25) is 4.47 Å². The van der Waals surface area contributed by atoms with Crippen LogP contribution in [0.4, 0.5) is 0 Å². The highest BCUT2D eigenvalue weighted by atomic mass is 35.5. The molecule has 1 aliphatic rings. The minimum absolute atomic E-state index is 0.116. The van der Waals surface area contributed by atoms with E-state index in [1.807, 2.05) is 16.8 Å². The third kappa shape index (κ3) is 2.85. The minimum Gasteiger partial charge on any atom is -0.232 e. The summed E-state index contributed by atoms with van der Waals surface area (Å²) < 4.78 is 27.2. The highest BCUT2D eigenvalue weighted by Crippen LogP contribution is 2.35. The van der Waals surface area contributed by atoms with E-state index < -0.39 is 10.0 Å². The van der Waals surface area contributed by atoms with Gasteiger partial charge in [0.1, 0.15) is 0 Å². The Morgan fingerprint density at radius 1 is 1.47 bits per heavy atom. The standard InChI is InChI=1S/C11H11ClN2O2S3/c12-11-13-5-10(18-11)19(15,16)14(9-1-2-9)6-8-3-4-17-7-8/h3-5,7,9H,1-2,6H2. The van der Waals surface area contributed by atoms with Crippen LogP contribution in [0.1, 0.15) is 18.4 Å². The highest BCUT2D eigenvalue weighted by Gasteiger charge is 2.39. The Morgan fingerprint density at radius 3 is 2.79 bits per heavy atom. The zero-order chi connectivity index (χ0) is 13.5. The van der Waals surface area contributed by atoms with Crippen molar-refractivity contribution in [3.63, 3.8) is 0 Å². The highest BCUT2D eigenvalue weighted by molar-refractivity contribution is 7.91. The monoisotopic (exact) mass is 334 g/mol. The SMILES string of the molecule is O=S(=O)(c1cnc(Cl)s1)N(Cc1ccsc1)C1CC1. The quantitative estimate of drug-likeness (QED) is 0.843. The fourth-order valence-electron chi connectivity index (χ4n) is 1.81. The van der Waals surface area contributed by atoms with Gasteiger partial charge >= 0.3 is 0 Å². The fourth-order valence-corrected chi connectivity index (χ4v) is 5.57. The molecule has 1 saturated carbocycles. The molecule has 2 aromatic rings. The average molecular weight is 335 g/mol. The molecule has 0 unspecified atom stereocenters. The van der Waals surface area contributed by atoms with Crippen molar-refractivity contribution in [2.45, 2.75) is 29.6 Å². The molecule has 19 heavy (non-hydrogen) atoms. The first kappa shape index (κ1) is 13.5. The van der Waals surface area contributed by atoms with E-state index in [0.717, 1.165) is 29.7 Å². The molecule has 102 valence electrons. The summed E-state index contributed by atoms with van der Waals surface area (Å²) in [5, 5.41) is 3.93. The molecule has 3 rings (SSSR count). The van der Waals surface area contributed by atoms with Gasteiger partial charge in [0.25, 0.3) is 10.0 Å². The van der Waals surface area contributed by atoms with E-state index in [-0.39, 0.29) is 14.7 Å². The molecule has 0 atom stereocenters. The smallest absolute Gasteiger partial charge is 0.232 e. The first-order chi connectivity index (χ1) is 9.07. The number of rotatable bonds is 5. The second kappa shape index (κ2) is 5.14. The lowest BCUT2D eigenvalue weighted by Crippen LogP contribution is -2.32. The zero-order valence-electron chi connectivity index (χ0n) is 9.82. The van der Waals surface area contributed by atoms with Gasteiger partial charge in [-0.15, -0.1) is 0 Å². The van der Waals surface area contributed by atoms with E-state index in [9.17, 15) is 8.42 Å². The number of hydrogen-bond donors (Lipinski definition) is 0. The third-order valence-corrected chi connectivity index (χ3v) is 7.07. The van der Waals surface area contributed by atoms with Crippen LogP contribution >= 0.6 is 34.3 Å². The molecule has 0 radical (unpaired) electrons. The van der Waals surface area contributed by atoms with Crippen LogP contribution in [-0.4, -0.2) is 23.7 Å². The second-order valence-electron chi connectivity index (χ2n) is 4.35. The van der Waals surface area contributed by atoms with Gasteiger partial charge in [0.05, 0.1) is 6.20 Å². The normalized spacial score (nSPS) is 16.1. The lowest BCUT2D eigenvalue weighted by molar-refractivity contribution is 0.400. The maximum absolute atomic E-state index is 12.6. The van der Waals surface area contributed by atoms with Crippen LogP contribution in [0, 0.1) is 0 Å². The molecule has 0 amide bonds. The minimum atomic E-state index is -3.48. The lowest BCUT2D eigenvalue weighted by Gasteiger charge is -2.20. The van der Waals surface area contributed by atoms with Crippen LogP contribution in [0.25, 0.3) is 0 Å². The lowest BCUT2D eigenvalue weighted by atomic mass is 10.3. The van der Waals surface area contributed by atoms with Crippen LogP contribution < -0.4 is 0 Å². The summed E-state index contributed by atoms with van der Waals surface area (Å²) in [6.07, 6.45) is 3.19. The number of hydrogen-bond acceptors (Lipinski definition) is 5. The molecule has 4 nitrogen and oxygen atoms in total. The fraction of sp³-hybridized carbons (Fsp3) is 0.364. The molecule has 0 spiro atoms. The zero-order valence-corrected chi connectivity index (χ0v) is 13.0. The van der Waals surface area contributed by atoms with Crippen molar-refractivity contribution < 1.29 is 8.42 Å². The summed E-state index contributed by atoms with van der Waals surface area (Å²) in [5.41, 5.74) is 1.02. The number of nitrogens with zero attached hydrogens (tertiary/aromatic N) is 2. The van der Waals surface area contributed by atoms with Gasteiger partial charge in [-0.2, -0.15) is 15.6 Å². The first-order valence-corrected chi connectivity index (χ1v) is 9.29. The Morgan fingerprint density at radius 2 is 2.26 bits per heavy atom. The van der Waals surface area contributed by atoms with Gasteiger partial charge in [0.15, 0.2) is 8.68 Å². The van der Waals surface area contributed by atoms with E-state index in [4.69, 9.17) is 11.6 Å². The summed E-state index contributed by atoms with van der Waals surface area (Å²) in [6, 6.07) is 2.07. The Labute approximate surface area is 124 Å². The average Bonchev–Trinajstić information content (AvgIpc) is 2.88. The van der Waals surface area contributed by atoms with Crippen molar-refractivity contribution in [3.05, 3.63) is 33.1 Å². The van der Waals surface area contributed by atoms with E-state index >= 15 is 0 Å². The van der Waals surface area contributed by atoms with Gasteiger partial charge in [0.2, 0.25) is 0 Å². The number of halogens is 1. The van der Waals surface area contributed by atoms with Crippen LogP contribution in [0.15, 0.2) is 27.2 Å². The van der Waals surface area contributed by atoms with Crippen LogP contribution in [-0.2, 0) is 16.6 Å². The van der Waals surface area contributed by atoms with Crippen molar-refractivity contribution in [1.82, 2.24) is 9.29 Å². The molecule has 2 heterocycles. The molecule has 1 fully saturated rings. The number of thiophene rings is 1. The second-order valence-corrected chi connectivity index (χ2v) is 8.86. The first-order valence-electron chi connectivity index (χ1n) is 5.71. The van der Waals surface area contributed by atoms with Gasteiger partial charge in [-0.05, 0) is 35.2 Å². The van der Waals surface area contributed by atoms with Crippen LogP contribution in [0.3, 0.4) is 0 Å². The van der Waals surface area contributed by atoms with E-state index in [1.54, 1.807) is 15.6 Å². The Balaban J connectivity index is 1.91. The third-order valence-electron chi connectivity index (χ3n) is 2.89. The summed E-state index contributed by atoms with van der Waals surface area (Å²) in [4.78, 5) is 3.82. The molecule has 0 aliphatic heterocycles. The molecule has 1 aliphatic carbocycles. The largest absolute Gasteiger partial charge is 0.254 e. The molecule has 0 aromatic carbocycles. The van der Waals surface area contributed by atoms with Gasteiger partial charge in [-0.25, -0.2) is 13.4 Å². The van der Waals surface area contributed by atoms with Gasteiger partial charge < -0.3 is 0 Å². The molecular formula is C11H11ClN2O2S3. The number of sulfonamides is 1. The Kier molecular flexibility index (Phi) is 3.65. The maximum Gasteiger partial charge on any atom is 0.254 e. The van der Waals surface area contributed by atoms with Crippen molar-refractivity contribution in [2.24, 2.45) is 0 Å². The van der Waals surface area contributed by atoms with Gasteiger partial charge in [0, 0.05) is 12.6 Å². The van der Waals surface area contributed by atoms with Crippen molar-refractivity contribution in [3.8, 4) is 0 Å². The Bertz CT molecular complexity index is 662. The Hall–Kier alpha value is -0.470. The number of thiazole rings is 1. The predicted octanol–water partition coefficient (Wildman–Crippen LogP) is 3.21. The van der Waals surface area contributed by atoms with Crippen molar-refractivity contribution in [1.29, 1.82) is 0 Å². The van der Waals surface area contributed by atoms with Crippen molar-refractivity contribution >= 4 is 44.3 Å². The maximum atomic E-state index is 12.6. The summed E-state index contributed by atoms with van der Waals surface area (Å²) >= 11 is 8.32. The summed E-state index contributed by atoms with van der Waals surface area (Å²) in [6.45, 7) is 0.423. The van der Waals surface area contributed by atoms with E-state index in [0.29, 0.717) is 6.54 Å². The molecule has 0 saturated heterocycles. The number of aromatic nitrogens is 1. The van der Waals surface area contributed by atoms with Gasteiger partial charge in [-0.1, -0.05) is 22.9 Å². The molecular weight excluding hydrogens is 324 g/mol. The van der Waals surface area contributed by atoms with Gasteiger partial charge in [-0.3, -0.25) is 0 Å². The molecule has 0 N–H and O–H groups in total. The predicted molar refractivity (Wildman–Crippen MR) is 77.2 cm³/mol. The molecule has 8 heteroatoms. The van der Waals surface area contributed by atoms with E-state index in [2.05, 4.69) is 4.98 Å².